The molecule has 0 heterocycles. The van der Waals surface area contributed by atoms with Crippen molar-refractivity contribution in [1.82, 2.24) is 15.5 Å². The van der Waals surface area contributed by atoms with E-state index < -0.39 is 12.1 Å². The molecule has 3 amide bonds. The van der Waals surface area contributed by atoms with E-state index in [1.165, 1.54) is 6.42 Å². The fraction of sp³-hybridized carbons (Fsp3) is 0.619. The average molecular weight is 392 g/mol. The summed E-state index contributed by atoms with van der Waals surface area (Å²) in [6.07, 6.45) is 6.22. The number of imide groups is 1. The van der Waals surface area contributed by atoms with Crippen molar-refractivity contribution in [2.45, 2.75) is 57.5 Å². The van der Waals surface area contributed by atoms with Crippen LogP contribution in [0, 0.1) is 0 Å². The molecule has 0 aromatic heterocycles. The van der Waals surface area contributed by atoms with Gasteiger partial charge in [0.25, 0.3) is 0 Å². The average Bonchev–Trinajstić information content (AvgIpc) is 2.71. The van der Waals surface area contributed by atoms with E-state index in [4.69, 9.17) is 9.47 Å². The first kappa shape index (κ1) is 22.0. The number of hydrogen-bond donors (Lipinski definition) is 2. The lowest BCUT2D eigenvalue weighted by atomic mass is 9.96. The first-order chi connectivity index (χ1) is 13.4. The molecule has 2 N–H and O–H groups in total. The molecule has 1 aliphatic carbocycles. The number of nitrogens with one attached hydrogen (secondary N) is 2. The van der Waals surface area contributed by atoms with Crippen molar-refractivity contribution in [2.75, 3.05) is 27.8 Å². The molecule has 1 saturated carbocycles. The molecule has 0 bridgehead atoms. The van der Waals surface area contributed by atoms with Crippen LogP contribution in [0.15, 0.2) is 18.2 Å². The van der Waals surface area contributed by atoms with Crippen LogP contribution in [0.1, 0.15) is 44.6 Å². The first-order valence-corrected chi connectivity index (χ1v) is 9.97. The molecule has 0 aliphatic heterocycles. The molecule has 156 valence electrons. The summed E-state index contributed by atoms with van der Waals surface area (Å²) in [5, 5.41) is 5.38. The van der Waals surface area contributed by atoms with Crippen LogP contribution in [0.25, 0.3) is 0 Å². The summed E-state index contributed by atoms with van der Waals surface area (Å²) in [6, 6.07) is 5.18. The Morgan fingerprint density at radius 1 is 1.14 bits per heavy atom. The summed E-state index contributed by atoms with van der Waals surface area (Å²) >= 11 is 0. The zero-order chi connectivity index (χ0) is 20.5. The highest BCUT2D eigenvalue weighted by Gasteiger charge is 2.22. The van der Waals surface area contributed by atoms with Gasteiger partial charge in [0, 0.05) is 12.6 Å². The van der Waals surface area contributed by atoms with Crippen LogP contribution >= 0.6 is 0 Å². The van der Waals surface area contributed by atoms with Crippen LogP contribution in [0.3, 0.4) is 0 Å². The molecule has 1 aromatic carbocycles. The van der Waals surface area contributed by atoms with Crippen molar-refractivity contribution >= 4 is 11.9 Å². The molecule has 0 spiro atoms. The Hall–Kier alpha value is -2.28. The van der Waals surface area contributed by atoms with E-state index in [9.17, 15) is 9.59 Å². The van der Waals surface area contributed by atoms with Crippen LogP contribution in [-0.4, -0.2) is 56.7 Å². The van der Waals surface area contributed by atoms with Gasteiger partial charge in [-0.15, -0.1) is 0 Å². The first-order valence-electron chi connectivity index (χ1n) is 9.97. The van der Waals surface area contributed by atoms with Crippen molar-refractivity contribution in [3.05, 3.63) is 23.8 Å². The van der Waals surface area contributed by atoms with Gasteiger partial charge in [0.05, 0.1) is 20.3 Å². The van der Waals surface area contributed by atoms with Crippen molar-refractivity contribution in [3.8, 4) is 11.5 Å². The monoisotopic (exact) mass is 391 g/mol. The van der Waals surface area contributed by atoms with Gasteiger partial charge in [0.2, 0.25) is 5.91 Å². The lowest BCUT2D eigenvalue weighted by Gasteiger charge is -2.25. The number of rotatable bonds is 8. The third kappa shape index (κ3) is 6.41. The molecule has 1 aliphatic rings. The van der Waals surface area contributed by atoms with Gasteiger partial charge in [-0.2, -0.15) is 0 Å². The Kier molecular flexibility index (Phi) is 8.57. The molecule has 7 nitrogen and oxygen atoms in total. The molecular weight excluding hydrogens is 358 g/mol. The number of urea groups is 1. The number of amides is 3. The van der Waals surface area contributed by atoms with E-state index in [2.05, 4.69) is 10.6 Å². The van der Waals surface area contributed by atoms with Crippen LogP contribution in [0.4, 0.5) is 4.79 Å². The molecule has 1 aromatic rings. The van der Waals surface area contributed by atoms with Gasteiger partial charge in [0.1, 0.15) is 0 Å². The summed E-state index contributed by atoms with van der Waals surface area (Å²) in [4.78, 5) is 26.4. The number of carbonyl (C=O) groups excluding carboxylic acids is 2. The van der Waals surface area contributed by atoms with Crippen molar-refractivity contribution in [3.63, 3.8) is 0 Å². The van der Waals surface area contributed by atoms with E-state index in [0.29, 0.717) is 18.0 Å². The largest absolute Gasteiger partial charge is 0.493 e. The Balaban J connectivity index is 1.80. The second-order valence-corrected chi connectivity index (χ2v) is 7.39. The summed E-state index contributed by atoms with van der Waals surface area (Å²) in [5.74, 6) is 1.09. The van der Waals surface area contributed by atoms with Gasteiger partial charge >= 0.3 is 6.03 Å². The summed E-state index contributed by atoms with van der Waals surface area (Å²) in [7, 11) is 5.10. The van der Waals surface area contributed by atoms with Crippen molar-refractivity contribution < 1.29 is 19.1 Å². The maximum Gasteiger partial charge on any atom is 0.321 e. The number of likely N-dealkylation sites (N-methyl/N-ethyl adjacent to an activating group) is 1. The highest BCUT2D eigenvalue weighted by Crippen LogP contribution is 2.27. The fourth-order valence-electron chi connectivity index (χ4n) is 3.42. The Morgan fingerprint density at radius 2 is 1.82 bits per heavy atom. The number of carbonyl (C=O) groups is 2. The molecule has 2 rings (SSSR count). The van der Waals surface area contributed by atoms with Crippen LogP contribution in [-0.2, 0) is 11.2 Å². The zero-order valence-corrected chi connectivity index (χ0v) is 17.4. The predicted molar refractivity (Wildman–Crippen MR) is 109 cm³/mol. The standard InChI is InChI=1S/C21H33N3O4/c1-15(20(25)23-21(26)22-17-8-6-5-7-9-17)24(2)13-12-16-10-11-18(27-3)19(14-16)28-4/h10-11,14-15,17H,5-9,12-13H2,1-4H3,(H2,22,23,25,26)/t15-/m1/s1. The SMILES string of the molecule is COc1ccc(CCN(C)[C@H](C)C(=O)NC(=O)NC2CCCCC2)cc1OC. The minimum atomic E-state index is -0.405. The highest BCUT2D eigenvalue weighted by atomic mass is 16.5. The number of benzene rings is 1. The number of ether oxygens (including phenoxy) is 2. The maximum absolute atomic E-state index is 12.4. The quantitative estimate of drug-likeness (QED) is 0.712. The number of nitrogens with zero attached hydrogens (tertiary/aromatic N) is 1. The Bertz CT molecular complexity index is 659. The lowest BCUT2D eigenvalue weighted by molar-refractivity contribution is -0.124. The zero-order valence-electron chi connectivity index (χ0n) is 17.4. The second-order valence-electron chi connectivity index (χ2n) is 7.39. The van der Waals surface area contributed by atoms with Gasteiger partial charge in [-0.3, -0.25) is 15.0 Å². The summed E-state index contributed by atoms with van der Waals surface area (Å²) in [6.45, 7) is 2.48. The molecule has 1 fully saturated rings. The summed E-state index contributed by atoms with van der Waals surface area (Å²) < 4.78 is 10.6. The summed E-state index contributed by atoms with van der Waals surface area (Å²) in [5.41, 5.74) is 1.09. The topological polar surface area (TPSA) is 79.9 Å². The Morgan fingerprint density at radius 3 is 2.46 bits per heavy atom. The maximum atomic E-state index is 12.4. The molecule has 7 heteroatoms. The van der Waals surface area contributed by atoms with Gasteiger partial charge in [-0.1, -0.05) is 25.3 Å². The van der Waals surface area contributed by atoms with Crippen LogP contribution < -0.4 is 20.1 Å². The van der Waals surface area contributed by atoms with Gasteiger partial charge in [-0.05, 0) is 50.9 Å². The van der Waals surface area contributed by atoms with E-state index in [1.54, 1.807) is 21.1 Å². The van der Waals surface area contributed by atoms with E-state index in [-0.39, 0.29) is 11.9 Å². The molecule has 1 atom stereocenters. The normalized spacial score (nSPS) is 15.8. The second kappa shape index (κ2) is 10.9. The molecule has 0 radical (unpaired) electrons. The minimum Gasteiger partial charge on any atom is -0.493 e. The van der Waals surface area contributed by atoms with Gasteiger partial charge < -0.3 is 14.8 Å². The van der Waals surface area contributed by atoms with Crippen molar-refractivity contribution in [2.24, 2.45) is 0 Å². The van der Waals surface area contributed by atoms with E-state index in [1.807, 2.05) is 30.1 Å². The molecule has 0 saturated heterocycles. The Labute approximate surface area is 167 Å². The van der Waals surface area contributed by atoms with E-state index in [0.717, 1.165) is 37.7 Å². The molecule has 0 unspecified atom stereocenters. The van der Waals surface area contributed by atoms with Crippen LogP contribution in [0.5, 0.6) is 11.5 Å². The van der Waals surface area contributed by atoms with Gasteiger partial charge in [-0.25, -0.2) is 4.79 Å². The number of methoxy groups -OCH3 is 2. The van der Waals surface area contributed by atoms with Crippen LogP contribution in [0.2, 0.25) is 0 Å². The predicted octanol–water partition coefficient (Wildman–Crippen LogP) is 2.73. The number of hydrogen-bond acceptors (Lipinski definition) is 5. The smallest absolute Gasteiger partial charge is 0.321 e. The third-order valence-corrected chi connectivity index (χ3v) is 5.42. The molecule has 28 heavy (non-hydrogen) atoms. The fourth-order valence-corrected chi connectivity index (χ4v) is 3.42. The minimum absolute atomic E-state index is 0.180. The highest BCUT2D eigenvalue weighted by molar-refractivity contribution is 5.96. The lowest BCUT2D eigenvalue weighted by Crippen LogP contribution is -2.51. The van der Waals surface area contributed by atoms with Crippen molar-refractivity contribution in [1.29, 1.82) is 0 Å². The van der Waals surface area contributed by atoms with E-state index >= 15 is 0 Å². The molecular formula is C21H33N3O4. The third-order valence-electron chi connectivity index (χ3n) is 5.42. The van der Waals surface area contributed by atoms with Gasteiger partial charge in [0.15, 0.2) is 11.5 Å².